The molecule has 0 aliphatic heterocycles. The molecule has 1 heterocycles. The molecular formula is C13H15ClF3N3O3. The first-order chi connectivity index (χ1) is 10.7. The standard InChI is InChI=1S/C13H15ClF3N3O3/c1-6(12(22)18-5-8(21)23-2)20-10(7-3-4-7)9(14)11(19-20)13(15,16)17/h6-7H,3-5H2,1-2H3,(H,18,22). The van der Waals surface area contributed by atoms with Crippen molar-refractivity contribution >= 4 is 23.5 Å². The minimum atomic E-state index is -4.70. The first-order valence-electron chi connectivity index (χ1n) is 6.86. The molecule has 1 aromatic heterocycles. The van der Waals surface area contributed by atoms with Gasteiger partial charge in [-0.2, -0.15) is 18.3 Å². The van der Waals surface area contributed by atoms with Gasteiger partial charge in [0.1, 0.15) is 12.6 Å². The molecule has 0 bridgehead atoms. The van der Waals surface area contributed by atoms with E-state index in [9.17, 15) is 22.8 Å². The normalized spacial score (nSPS) is 16.1. The highest BCUT2D eigenvalue weighted by Crippen LogP contribution is 2.47. The van der Waals surface area contributed by atoms with Crippen molar-refractivity contribution in [1.29, 1.82) is 0 Å². The quantitative estimate of drug-likeness (QED) is 0.824. The third-order valence-electron chi connectivity index (χ3n) is 3.50. The molecule has 1 aliphatic rings. The Morgan fingerprint density at radius 1 is 1.48 bits per heavy atom. The van der Waals surface area contributed by atoms with Gasteiger partial charge in [-0.3, -0.25) is 14.3 Å². The second kappa shape index (κ2) is 6.38. The molecule has 1 N–H and O–H groups in total. The van der Waals surface area contributed by atoms with Gasteiger partial charge < -0.3 is 10.1 Å². The summed E-state index contributed by atoms with van der Waals surface area (Å²) in [6, 6.07) is -1.04. The Morgan fingerprint density at radius 2 is 2.09 bits per heavy atom. The number of nitrogens with one attached hydrogen (secondary N) is 1. The number of nitrogens with zero attached hydrogens (tertiary/aromatic N) is 2. The summed E-state index contributed by atoms with van der Waals surface area (Å²) in [4.78, 5) is 23.0. The number of hydrogen-bond acceptors (Lipinski definition) is 4. The van der Waals surface area contributed by atoms with E-state index in [4.69, 9.17) is 11.6 Å². The lowest BCUT2D eigenvalue weighted by Crippen LogP contribution is -2.36. The maximum Gasteiger partial charge on any atom is 0.436 e. The molecule has 2 rings (SSSR count). The summed E-state index contributed by atoms with van der Waals surface area (Å²) in [6.45, 7) is 1.02. The third kappa shape index (κ3) is 3.77. The minimum Gasteiger partial charge on any atom is -0.468 e. The van der Waals surface area contributed by atoms with E-state index in [0.717, 1.165) is 11.8 Å². The average molecular weight is 354 g/mol. The summed E-state index contributed by atoms with van der Waals surface area (Å²) >= 11 is 5.84. The fraction of sp³-hybridized carbons (Fsp3) is 0.615. The zero-order chi connectivity index (χ0) is 17.4. The lowest BCUT2D eigenvalue weighted by atomic mass is 10.2. The van der Waals surface area contributed by atoms with Crippen LogP contribution in [0.5, 0.6) is 0 Å². The van der Waals surface area contributed by atoms with E-state index in [1.54, 1.807) is 0 Å². The summed E-state index contributed by atoms with van der Waals surface area (Å²) in [5.74, 6) is -1.45. The van der Waals surface area contributed by atoms with Crippen LogP contribution in [0, 0.1) is 0 Å². The van der Waals surface area contributed by atoms with Gasteiger partial charge in [0.15, 0.2) is 5.69 Å². The predicted molar refractivity (Wildman–Crippen MR) is 74.0 cm³/mol. The van der Waals surface area contributed by atoms with Crippen LogP contribution in [0.1, 0.15) is 43.1 Å². The van der Waals surface area contributed by atoms with Crippen molar-refractivity contribution in [2.75, 3.05) is 13.7 Å². The number of amides is 1. The van der Waals surface area contributed by atoms with Crippen LogP contribution in [0.25, 0.3) is 0 Å². The largest absolute Gasteiger partial charge is 0.468 e. The van der Waals surface area contributed by atoms with E-state index in [-0.39, 0.29) is 18.2 Å². The zero-order valence-electron chi connectivity index (χ0n) is 12.4. The van der Waals surface area contributed by atoms with Crippen molar-refractivity contribution in [3.63, 3.8) is 0 Å². The monoisotopic (exact) mass is 353 g/mol. The molecule has 0 aromatic carbocycles. The predicted octanol–water partition coefficient (Wildman–Crippen LogP) is 2.28. The lowest BCUT2D eigenvalue weighted by Gasteiger charge is -2.15. The average Bonchev–Trinajstić information content (AvgIpc) is 3.25. The number of carbonyl (C=O) groups is 2. The van der Waals surface area contributed by atoms with Crippen LogP contribution in [0.4, 0.5) is 13.2 Å². The number of hydrogen-bond donors (Lipinski definition) is 1. The van der Waals surface area contributed by atoms with Crippen LogP contribution in [-0.2, 0) is 20.5 Å². The number of methoxy groups -OCH3 is 1. The highest BCUT2D eigenvalue weighted by atomic mass is 35.5. The lowest BCUT2D eigenvalue weighted by molar-refractivity contribution is -0.142. The first-order valence-corrected chi connectivity index (χ1v) is 7.24. The summed E-state index contributed by atoms with van der Waals surface area (Å²) in [6.07, 6.45) is -3.31. The van der Waals surface area contributed by atoms with Gasteiger partial charge >= 0.3 is 12.1 Å². The van der Waals surface area contributed by atoms with Gasteiger partial charge in [-0.05, 0) is 19.8 Å². The third-order valence-corrected chi connectivity index (χ3v) is 3.87. The van der Waals surface area contributed by atoms with Crippen LogP contribution in [-0.4, -0.2) is 35.3 Å². The van der Waals surface area contributed by atoms with E-state index in [2.05, 4.69) is 15.2 Å². The summed E-state index contributed by atoms with van der Waals surface area (Å²) < 4.78 is 44.3. The molecule has 1 aliphatic carbocycles. The highest BCUT2D eigenvalue weighted by molar-refractivity contribution is 6.32. The van der Waals surface area contributed by atoms with Gasteiger partial charge in [-0.25, -0.2) is 0 Å². The molecule has 10 heteroatoms. The molecular weight excluding hydrogens is 339 g/mol. The number of aromatic nitrogens is 2. The zero-order valence-corrected chi connectivity index (χ0v) is 13.2. The van der Waals surface area contributed by atoms with Crippen LogP contribution in [0.2, 0.25) is 5.02 Å². The summed E-state index contributed by atoms with van der Waals surface area (Å²) in [7, 11) is 1.16. The number of alkyl halides is 3. The molecule has 1 aromatic rings. The highest BCUT2D eigenvalue weighted by Gasteiger charge is 2.43. The maximum absolute atomic E-state index is 13.0. The molecule has 6 nitrogen and oxygen atoms in total. The second-order valence-electron chi connectivity index (χ2n) is 5.23. The van der Waals surface area contributed by atoms with Gasteiger partial charge in [-0.1, -0.05) is 11.6 Å². The molecule has 1 amide bonds. The molecule has 1 saturated carbocycles. The topological polar surface area (TPSA) is 73.2 Å². The van der Waals surface area contributed by atoms with Gasteiger partial charge in [-0.15, -0.1) is 0 Å². The van der Waals surface area contributed by atoms with Crippen molar-refractivity contribution in [3.8, 4) is 0 Å². The van der Waals surface area contributed by atoms with Crippen molar-refractivity contribution in [2.45, 2.75) is 37.9 Å². The SMILES string of the molecule is COC(=O)CNC(=O)C(C)n1nc(C(F)(F)F)c(Cl)c1C1CC1. The van der Waals surface area contributed by atoms with Gasteiger partial charge in [0.05, 0.1) is 17.8 Å². The number of rotatable bonds is 5. The summed E-state index contributed by atoms with van der Waals surface area (Å²) in [5.41, 5.74) is -0.992. The fourth-order valence-corrected chi connectivity index (χ4v) is 2.50. The van der Waals surface area contributed by atoms with Crippen molar-refractivity contribution < 1.29 is 27.5 Å². The Kier molecular flexibility index (Phi) is 4.88. The number of carbonyl (C=O) groups excluding carboxylic acids is 2. The molecule has 1 atom stereocenters. The molecule has 23 heavy (non-hydrogen) atoms. The molecule has 1 fully saturated rings. The van der Waals surface area contributed by atoms with Crippen molar-refractivity contribution in [3.05, 3.63) is 16.4 Å². The van der Waals surface area contributed by atoms with E-state index >= 15 is 0 Å². The first kappa shape index (κ1) is 17.6. The van der Waals surface area contributed by atoms with Gasteiger partial charge in [0.25, 0.3) is 0 Å². The molecule has 0 radical (unpaired) electrons. The Balaban J connectivity index is 2.27. The Morgan fingerprint density at radius 3 is 2.57 bits per heavy atom. The van der Waals surface area contributed by atoms with E-state index in [1.807, 2.05) is 0 Å². The minimum absolute atomic E-state index is 0.137. The van der Waals surface area contributed by atoms with Crippen LogP contribution >= 0.6 is 11.6 Å². The molecule has 1 unspecified atom stereocenters. The Bertz CT molecular complexity index is 626. The van der Waals surface area contributed by atoms with Crippen molar-refractivity contribution in [2.24, 2.45) is 0 Å². The van der Waals surface area contributed by atoms with Crippen LogP contribution < -0.4 is 5.32 Å². The molecule has 0 spiro atoms. The second-order valence-corrected chi connectivity index (χ2v) is 5.61. The van der Waals surface area contributed by atoms with Crippen molar-refractivity contribution in [1.82, 2.24) is 15.1 Å². The Hall–Kier alpha value is -1.77. The number of ether oxygens (including phenoxy) is 1. The summed E-state index contributed by atoms with van der Waals surface area (Å²) in [5, 5.41) is 5.32. The van der Waals surface area contributed by atoms with E-state index < -0.39 is 34.8 Å². The smallest absolute Gasteiger partial charge is 0.436 e. The fourth-order valence-electron chi connectivity index (χ4n) is 2.12. The maximum atomic E-state index is 13.0. The number of esters is 1. The van der Waals surface area contributed by atoms with Gasteiger partial charge in [0, 0.05) is 5.92 Å². The Labute approximate surface area is 134 Å². The van der Waals surface area contributed by atoms with E-state index in [0.29, 0.717) is 12.8 Å². The van der Waals surface area contributed by atoms with E-state index in [1.165, 1.54) is 6.92 Å². The van der Waals surface area contributed by atoms with Gasteiger partial charge in [0.2, 0.25) is 5.91 Å². The number of halogens is 4. The molecule has 0 saturated heterocycles. The van der Waals surface area contributed by atoms with Crippen LogP contribution in [0.3, 0.4) is 0 Å². The van der Waals surface area contributed by atoms with Crippen LogP contribution in [0.15, 0.2) is 0 Å². The molecule has 128 valence electrons.